The van der Waals surface area contributed by atoms with Gasteiger partial charge in [-0.3, -0.25) is 4.79 Å². The van der Waals surface area contributed by atoms with E-state index in [9.17, 15) is 21.6 Å². The third-order valence-corrected chi connectivity index (χ3v) is 10.6. The summed E-state index contributed by atoms with van der Waals surface area (Å²) in [6, 6.07) is 6.12. The molecular formula is C22H27ClN6O5S3. The molecule has 2 aliphatic heterocycles. The van der Waals surface area contributed by atoms with Crippen LogP contribution in [0.3, 0.4) is 0 Å². The van der Waals surface area contributed by atoms with E-state index >= 15 is 0 Å². The van der Waals surface area contributed by atoms with Crippen LogP contribution in [0.2, 0.25) is 5.02 Å². The molecule has 0 spiro atoms. The highest BCUT2D eigenvalue weighted by molar-refractivity contribution is 7.89. The van der Waals surface area contributed by atoms with Gasteiger partial charge in [0.2, 0.25) is 10.0 Å². The number of hydrogen-bond acceptors (Lipinski definition) is 8. The van der Waals surface area contributed by atoms with E-state index in [2.05, 4.69) is 22.2 Å². The number of amides is 1. The molecule has 37 heavy (non-hydrogen) atoms. The molecular weight excluding hydrogens is 560 g/mol. The second-order valence-corrected chi connectivity index (χ2v) is 14.6. The number of thiazole rings is 1. The number of piperazine rings is 1. The van der Waals surface area contributed by atoms with E-state index in [4.69, 9.17) is 16.7 Å². The van der Waals surface area contributed by atoms with Gasteiger partial charge in [-0.05, 0) is 37.6 Å². The van der Waals surface area contributed by atoms with Crippen LogP contribution in [0.5, 0.6) is 0 Å². The maximum atomic E-state index is 13.5. The Kier molecular flexibility index (Phi) is 7.11. The SMILES string of the molecule is CC1Cc2nc(C(=O)N3CCN(S(=O)(=O)c4cc5cc(Cl)ccc5[nH]4)CC3CCS(N)(=O)=O)sc2CN1. The van der Waals surface area contributed by atoms with Crippen LogP contribution >= 0.6 is 22.9 Å². The second kappa shape index (κ2) is 9.91. The van der Waals surface area contributed by atoms with Gasteiger partial charge in [-0.25, -0.2) is 27.0 Å². The molecule has 0 radical (unpaired) electrons. The van der Waals surface area contributed by atoms with Crippen molar-refractivity contribution in [3.8, 4) is 0 Å². The molecule has 1 saturated heterocycles. The Bertz CT molecular complexity index is 1570. The number of halogens is 1. The number of sulfonamides is 2. The summed E-state index contributed by atoms with van der Waals surface area (Å²) in [4.78, 5) is 23.5. The first-order valence-electron chi connectivity index (χ1n) is 11.7. The molecule has 0 bridgehead atoms. The molecule has 11 nitrogen and oxygen atoms in total. The van der Waals surface area contributed by atoms with Crippen molar-refractivity contribution in [2.75, 3.05) is 25.4 Å². The number of H-pyrrole nitrogens is 1. The Morgan fingerprint density at radius 2 is 2.03 bits per heavy atom. The average molecular weight is 587 g/mol. The molecule has 2 unspecified atom stereocenters. The Morgan fingerprint density at radius 3 is 2.78 bits per heavy atom. The molecule has 15 heteroatoms. The van der Waals surface area contributed by atoms with E-state index in [1.165, 1.54) is 26.6 Å². The normalized spacial score (nSPS) is 21.3. The van der Waals surface area contributed by atoms with Crippen molar-refractivity contribution < 1.29 is 21.6 Å². The molecule has 2 aromatic heterocycles. The van der Waals surface area contributed by atoms with Crippen molar-refractivity contribution in [3.63, 3.8) is 0 Å². The summed E-state index contributed by atoms with van der Waals surface area (Å²) >= 11 is 7.36. The van der Waals surface area contributed by atoms with Crippen molar-refractivity contribution in [3.05, 3.63) is 44.9 Å². The van der Waals surface area contributed by atoms with Gasteiger partial charge in [0.1, 0.15) is 5.03 Å². The highest BCUT2D eigenvalue weighted by atomic mass is 35.5. The van der Waals surface area contributed by atoms with Gasteiger partial charge < -0.3 is 15.2 Å². The number of benzene rings is 1. The van der Waals surface area contributed by atoms with E-state index in [1.54, 1.807) is 18.2 Å². The number of carbonyl (C=O) groups excluding carboxylic acids is 1. The van der Waals surface area contributed by atoms with Crippen LogP contribution in [0.1, 0.15) is 33.7 Å². The highest BCUT2D eigenvalue weighted by Gasteiger charge is 2.38. The van der Waals surface area contributed by atoms with E-state index in [0.29, 0.717) is 27.5 Å². The van der Waals surface area contributed by atoms with E-state index in [0.717, 1.165) is 17.0 Å². The quantitative estimate of drug-likeness (QED) is 0.395. The van der Waals surface area contributed by atoms with E-state index < -0.39 is 26.1 Å². The molecule has 1 fully saturated rings. The number of rotatable bonds is 6. The third-order valence-electron chi connectivity index (χ3n) is 6.69. The van der Waals surface area contributed by atoms with Crippen LogP contribution in [0.25, 0.3) is 10.9 Å². The summed E-state index contributed by atoms with van der Waals surface area (Å²) in [7, 11) is -7.77. The zero-order valence-corrected chi connectivity index (χ0v) is 23.2. The number of nitrogens with one attached hydrogen (secondary N) is 2. The van der Waals surface area contributed by atoms with Gasteiger partial charge in [0.25, 0.3) is 15.9 Å². The molecule has 1 aromatic carbocycles. The fraction of sp³-hybridized carbons (Fsp3) is 0.455. The minimum atomic E-state index is -3.95. The molecule has 1 amide bonds. The lowest BCUT2D eigenvalue weighted by atomic mass is 10.1. The molecule has 2 atom stereocenters. The van der Waals surface area contributed by atoms with Crippen LogP contribution < -0.4 is 10.5 Å². The molecule has 3 aromatic rings. The molecule has 2 aliphatic rings. The fourth-order valence-corrected chi connectivity index (χ4v) is 8.00. The number of aromatic amines is 1. The standard InChI is InChI=1S/C22H27ClN6O5S3/c1-13-8-18-19(11-25-13)35-21(27-18)22(30)29-6-5-28(12-16(29)4-7-36(24,31)32)37(33,34)20-10-14-9-15(23)2-3-17(14)26-20/h2-3,9-10,13,16,25-26H,4-8,11-12H2,1H3,(H2,24,31,32). The summed E-state index contributed by atoms with van der Waals surface area (Å²) in [5.41, 5.74) is 1.51. The lowest BCUT2D eigenvalue weighted by molar-refractivity contribution is 0.0559. The number of nitrogens with two attached hydrogens (primary N) is 1. The monoisotopic (exact) mass is 586 g/mol. The van der Waals surface area contributed by atoms with Crippen LogP contribution in [0.15, 0.2) is 29.3 Å². The zero-order chi connectivity index (χ0) is 26.5. The first kappa shape index (κ1) is 26.5. The predicted octanol–water partition coefficient (Wildman–Crippen LogP) is 1.51. The second-order valence-electron chi connectivity index (χ2n) is 9.41. The minimum absolute atomic E-state index is 0.00256. The summed E-state index contributed by atoms with van der Waals surface area (Å²) in [5, 5.41) is 10.1. The summed E-state index contributed by atoms with van der Waals surface area (Å²) in [6.07, 6.45) is 0.721. The topological polar surface area (TPSA) is 159 Å². The number of aromatic nitrogens is 2. The van der Waals surface area contributed by atoms with Crippen molar-refractivity contribution in [2.45, 2.75) is 43.4 Å². The lowest BCUT2D eigenvalue weighted by Crippen LogP contribution is -2.57. The summed E-state index contributed by atoms with van der Waals surface area (Å²) in [5.74, 6) is -0.709. The number of fused-ring (bicyclic) bond motifs is 2. The van der Waals surface area contributed by atoms with Crippen molar-refractivity contribution >= 4 is 59.8 Å². The van der Waals surface area contributed by atoms with Gasteiger partial charge in [0.15, 0.2) is 5.01 Å². The molecule has 5 rings (SSSR count). The molecule has 4 N–H and O–H groups in total. The number of nitrogens with zero attached hydrogens (tertiary/aromatic N) is 3. The Labute approximate surface area is 224 Å². The maximum Gasteiger partial charge on any atom is 0.283 e. The van der Waals surface area contributed by atoms with Gasteiger partial charge in [-0.1, -0.05) is 11.6 Å². The van der Waals surface area contributed by atoms with Gasteiger partial charge in [-0.2, -0.15) is 4.31 Å². The van der Waals surface area contributed by atoms with Crippen molar-refractivity contribution in [1.29, 1.82) is 0 Å². The molecule has 0 aliphatic carbocycles. The van der Waals surface area contributed by atoms with Crippen LogP contribution in [0, 0.1) is 0 Å². The first-order chi connectivity index (χ1) is 17.4. The lowest BCUT2D eigenvalue weighted by Gasteiger charge is -2.40. The third kappa shape index (κ3) is 5.55. The van der Waals surface area contributed by atoms with Crippen LogP contribution in [-0.4, -0.2) is 79.4 Å². The predicted molar refractivity (Wildman–Crippen MR) is 142 cm³/mol. The average Bonchev–Trinajstić information content (AvgIpc) is 3.45. The zero-order valence-electron chi connectivity index (χ0n) is 20.0. The molecule has 4 heterocycles. The maximum absolute atomic E-state index is 13.5. The fourth-order valence-electron chi connectivity index (χ4n) is 4.74. The smallest absolute Gasteiger partial charge is 0.283 e. The number of primary sulfonamides is 1. The van der Waals surface area contributed by atoms with Crippen molar-refractivity contribution in [1.82, 2.24) is 24.5 Å². The highest BCUT2D eigenvalue weighted by Crippen LogP contribution is 2.29. The van der Waals surface area contributed by atoms with Crippen LogP contribution in [0.4, 0.5) is 0 Å². The Morgan fingerprint density at radius 1 is 1.24 bits per heavy atom. The summed E-state index contributed by atoms with van der Waals surface area (Å²) < 4.78 is 51.7. The number of carbonyl (C=O) groups is 1. The van der Waals surface area contributed by atoms with Crippen molar-refractivity contribution in [2.24, 2.45) is 5.14 Å². The minimum Gasteiger partial charge on any atom is -0.345 e. The molecule has 200 valence electrons. The first-order valence-corrected chi connectivity index (χ1v) is 16.1. The van der Waals surface area contributed by atoms with Crippen LogP contribution in [-0.2, 0) is 33.0 Å². The Hall–Kier alpha value is -2.07. The van der Waals surface area contributed by atoms with E-state index in [-0.39, 0.29) is 48.8 Å². The van der Waals surface area contributed by atoms with E-state index in [1.807, 2.05) is 0 Å². The van der Waals surface area contributed by atoms with Gasteiger partial charge in [-0.15, -0.1) is 11.3 Å². The Balaban J connectivity index is 1.41. The van der Waals surface area contributed by atoms with Gasteiger partial charge in [0.05, 0.1) is 11.4 Å². The van der Waals surface area contributed by atoms with Gasteiger partial charge in [0, 0.05) is 65.5 Å². The molecule has 0 saturated carbocycles. The largest absolute Gasteiger partial charge is 0.345 e. The summed E-state index contributed by atoms with van der Waals surface area (Å²) in [6.45, 7) is 2.77. The van der Waals surface area contributed by atoms with Gasteiger partial charge >= 0.3 is 0 Å². The number of hydrogen-bond donors (Lipinski definition) is 3.